The Kier molecular flexibility index (Phi) is 3.98. The van der Waals surface area contributed by atoms with Crippen LogP contribution in [0.25, 0.3) is 11.1 Å². The van der Waals surface area contributed by atoms with Crippen molar-refractivity contribution >= 4 is 33.5 Å². The number of hydrogen-bond donors (Lipinski definition) is 1. The minimum Gasteiger partial charge on any atom is -0.408 e. The molecular formula is C13H12N4O4S. The molecule has 22 heavy (non-hydrogen) atoms. The molecule has 0 fully saturated rings. The van der Waals surface area contributed by atoms with E-state index in [4.69, 9.17) is 9.15 Å². The van der Waals surface area contributed by atoms with Gasteiger partial charge in [0.1, 0.15) is 18.2 Å². The van der Waals surface area contributed by atoms with Gasteiger partial charge in [-0.15, -0.1) is 10.2 Å². The maximum Gasteiger partial charge on any atom is 0.420 e. The molecule has 0 unspecified atom stereocenters. The van der Waals surface area contributed by atoms with Crippen molar-refractivity contribution in [2.45, 2.75) is 13.2 Å². The van der Waals surface area contributed by atoms with E-state index >= 15 is 0 Å². The molecule has 0 saturated carbocycles. The van der Waals surface area contributed by atoms with Gasteiger partial charge >= 0.3 is 5.76 Å². The minimum atomic E-state index is -0.575. The van der Waals surface area contributed by atoms with E-state index in [1.54, 1.807) is 31.4 Å². The van der Waals surface area contributed by atoms with Crippen molar-refractivity contribution in [1.82, 2.24) is 14.8 Å². The second kappa shape index (κ2) is 6.08. The molecule has 0 spiro atoms. The lowest BCUT2D eigenvalue weighted by Gasteiger charge is -2.01. The number of hydrogen-bond acceptors (Lipinski definition) is 7. The third-order valence-corrected chi connectivity index (χ3v) is 3.67. The molecule has 0 radical (unpaired) electrons. The summed E-state index contributed by atoms with van der Waals surface area (Å²) < 4.78 is 11.3. The van der Waals surface area contributed by atoms with Crippen LogP contribution in [0.15, 0.2) is 33.5 Å². The fraction of sp³-hybridized carbons (Fsp3) is 0.231. The highest BCUT2D eigenvalue weighted by atomic mass is 32.1. The molecule has 0 aliphatic rings. The van der Waals surface area contributed by atoms with E-state index in [2.05, 4.69) is 15.5 Å². The summed E-state index contributed by atoms with van der Waals surface area (Å²) in [7, 11) is 1.55. The summed E-state index contributed by atoms with van der Waals surface area (Å²) in [5.41, 5.74) is 1.01. The second-order valence-electron chi connectivity index (χ2n) is 4.40. The summed E-state index contributed by atoms with van der Waals surface area (Å²) in [4.78, 5) is 23.8. The Morgan fingerprint density at radius 3 is 3.05 bits per heavy atom. The van der Waals surface area contributed by atoms with Crippen LogP contribution in [-0.2, 0) is 22.7 Å². The standard InChI is InChI=1S/C13H12N4O4S/c1-20-7-11-15-16-12(22-11)14-10(18)6-17-8-4-2-3-5-9(8)21-13(17)19/h2-5H,6-7H2,1H3,(H,14,16,18). The van der Waals surface area contributed by atoms with Crippen molar-refractivity contribution in [3.63, 3.8) is 0 Å². The van der Waals surface area contributed by atoms with Crippen LogP contribution in [0.1, 0.15) is 5.01 Å². The number of carbonyl (C=O) groups is 1. The van der Waals surface area contributed by atoms with E-state index in [1.165, 1.54) is 15.9 Å². The van der Waals surface area contributed by atoms with Crippen molar-refractivity contribution in [3.8, 4) is 0 Å². The number of aromatic nitrogens is 3. The van der Waals surface area contributed by atoms with Crippen LogP contribution in [-0.4, -0.2) is 27.8 Å². The van der Waals surface area contributed by atoms with Crippen LogP contribution in [0, 0.1) is 0 Å². The van der Waals surface area contributed by atoms with Gasteiger partial charge in [0.15, 0.2) is 5.58 Å². The Morgan fingerprint density at radius 1 is 1.41 bits per heavy atom. The first-order valence-corrected chi connectivity index (χ1v) is 7.18. The number of benzene rings is 1. The Bertz CT molecular complexity index is 866. The van der Waals surface area contributed by atoms with E-state index < -0.39 is 5.76 Å². The summed E-state index contributed by atoms with van der Waals surface area (Å²) >= 11 is 1.22. The number of carbonyl (C=O) groups excluding carboxylic acids is 1. The zero-order valence-electron chi connectivity index (χ0n) is 11.6. The maximum absolute atomic E-state index is 12.0. The number of nitrogens with one attached hydrogen (secondary N) is 1. The van der Waals surface area contributed by atoms with Gasteiger partial charge in [0.2, 0.25) is 11.0 Å². The normalized spacial score (nSPS) is 11.0. The average molecular weight is 320 g/mol. The molecule has 0 aliphatic carbocycles. The number of nitrogens with zero attached hydrogens (tertiary/aromatic N) is 3. The van der Waals surface area contributed by atoms with Crippen LogP contribution in [0.5, 0.6) is 0 Å². The highest BCUT2D eigenvalue weighted by molar-refractivity contribution is 7.15. The number of rotatable bonds is 5. The van der Waals surface area contributed by atoms with Crippen LogP contribution < -0.4 is 11.1 Å². The smallest absolute Gasteiger partial charge is 0.408 e. The van der Waals surface area contributed by atoms with Crippen LogP contribution in [0.3, 0.4) is 0 Å². The van der Waals surface area contributed by atoms with E-state index in [1.807, 2.05) is 0 Å². The Labute approximate surface area is 128 Å². The molecule has 0 bridgehead atoms. The Hall–Kier alpha value is -2.52. The summed E-state index contributed by atoms with van der Waals surface area (Å²) in [5, 5.41) is 11.3. The molecule has 1 N–H and O–H groups in total. The molecule has 0 aliphatic heterocycles. The molecule has 3 aromatic rings. The second-order valence-corrected chi connectivity index (χ2v) is 5.47. The van der Waals surface area contributed by atoms with Crippen molar-refractivity contribution < 1.29 is 13.9 Å². The molecule has 0 saturated heterocycles. The molecule has 1 amide bonds. The molecule has 0 atom stereocenters. The van der Waals surface area contributed by atoms with E-state index in [0.29, 0.717) is 27.8 Å². The van der Waals surface area contributed by atoms with Gasteiger partial charge in [-0.2, -0.15) is 0 Å². The minimum absolute atomic E-state index is 0.158. The lowest BCUT2D eigenvalue weighted by Crippen LogP contribution is -2.24. The lowest BCUT2D eigenvalue weighted by molar-refractivity contribution is -0.116. The highest BCUT2D eigenvalue weighted by Gasteiger charge is 2.14. The molecule has 9 heteroatoms. The van der Waals surface area contributed by atoms with Gasteiger partial charge < -0.3 is 9.15 Å². The third kappa shape index (κ3) is 2.90. The van der Waals surface area contributed by atoms with Crippen LogP contribution >= 0.6 is 11.3 Å². The first-order chi connectivity index (χ1) is 10.7. The number of amides is 1. The summed E-state index contributed by atoms with van der Waals surface area (Å²) in [6, 6.07) is 6.92. The lowest BCUT2D eigenvalue weighted by atomic mass is 10.3. The average Bonchev–Trinajstić information content (AvgIpc) is 3.05. The topological polar surface area (TPSA) is 99.3 Å². The van der Waals surface area contributed by atoms with Crippen molar-refractivity contribution in [3.05, 3.63) is 39.8 Å². The highest BCUT2D eigenvalue weighted by Crippen LogP contribution is 2.16. The first kappa shape index (κ1) is 14.4. The third-order valence-electron chi connectivity index (χ3n) is 2.86. The SMILES string of the molecule is COCc1nnc(NC(=O)Cn2c(=O)oc3ccccc32)s1. The van der Waals surface area contributed by atoms with E-state index in [0.717, 1.165) is 0 Å². The summed E-state index contributed by atoms with van der Waals surface area (Å²) in [6.07, 6.45) is 0. The van der Waals surface area contributed by atoms with Gasteiger partial charge in [0.05, 0.1) is 5.52 Å². The molecule has 8 nitrogen and oxygen atoms in total. The molecule has 2 heterocycles. The molecule has 1 aromatic carbocycles. The summed E-state index contributed by atoms with van der Waals surface area (Å²) in [6.45, 7) is 0.175. The van der Waals surface area contributed by atoms with Crippen molar-refractivity contribution in [1.29, 1.82) is 0 Å². The molecular weight excluding hydrogens is 308 g/mol. The van der Waals surface area contributed by atoms with Crippen molar-refractivity contribution in [2.24, 2.45) is 0 Å². The zero-order valence-corrected chi connectivity index (χ0v) is 12.4. The van der Waals surface area contributed by atoms with Gasteiger partial charge in [-0.1, -0.05) is 23.5 Å². The quantitative estimate of drug-likeness (QED) is 0.759. The molecule has 3 rings (SSSR count). The first-order valence-electron chi connectivity index (χ1n) is 6.37. The number of oxazole rings is 1. The fourth-order valence-corrected chi connectivity index (χ4v) is 2.68. The molecule has 114 valence electrons. The number of fused-ring (bicyclic) bond motifs is 1. The number of methoxy groups -OCH3 is 1. The number of ether oxygens (including phenoxy) is 1. The Balaban J connectivity index is 1.75. The molecule has 2 aromatic heterocycles. The van der Waals surface area contributed by atoms with Crippen LogP contribution in [0.2, 0.25) is 0 Å². The zero-order chi connectivity index (χ0) is 15.5. The van der Waals surface area contributed by atoms with E-state index in [-0.39, 0.29) is 12.5 Å². The van der Waals surface area contributed by atoms with Gasteiger partial charge in [0.25, 0.3) is 0 Å². The van der Waals surface area contributed by atoms with Crippen molar-refractivity contribution in [2.75, 3.05) is 12.4 Å². The summed E-state index contributed by atoms with van der Waals surface area (Å²) in [5.74, 6) is -0.956. The number of para-hydroxylation sites is 2. The van der Waals surface area contributed by atoms with Gasteiger partial charge in [-0.05, 0) is 12.1 Å². The monoisotopic (exact) mass is 320 g/mol. The Morgan fingerprint density at radius 2 is 2.23 bits per heavy atom. The number of anilines is 1. The maximum atomic E-state index is 12.0. The van der Waals surface area contributed by atoms with E-state index in [9.17, 15) is 9.59 Å². The predicted octanol–water partition coefficient (Wildman–Crippen LogP) is 1.23. The predicted molar refractivity (Wildman–Crippen MR) is 79.7 cm³/mol. The fourth-order valence-electron chi connectivity index (χ4n) is 1.95. The van der Waals surface area contributed by atoms with Gasteiger partial charge in [-0.25, -0.2) is 4.79 Å². The van der Waals surface area contributed by atoms with Gasteiger partial charge in [-0.3, -0.25) is 14.7 Å². The van der Waals surface area contributed by atoms with Crippen LogP contribution in [0.4, 0.5) is 5.13 Å². The van der Waals surface area contributed by atoms with Gasteiger partial charge in [0, 0.05) is 7.11 Å². The largest absolute Gasteiger partial charge is 0.420 e.